The predicted octanol–water partition coefficient (Wildman–Crippen LogP) is 3.94. The van der Waals surface area contributed by atoms with Crippen molar-refractivity contribution in [3.63, 3.8) is 0 Å². The number of phenols is 1. The van der Waals surface area contributed by atoms with E-state index in [1.54, 1.807) is 18.2 Å². The molecule has 2 aromatic carbocycles. The van der Waals surface area contributed by atoms with Crippen molar-refractivity contribution in [2.75, 3.05) is 0 Å². The van der Waals surface area contributed by atoms with Gasteiger partial charge in [-0.3, -0.25) is 4.79 Å². The van der Waals surface area contributed by atoms with Gasteiger partial charge in [-0.15, -0.1) is 0 Å². The van der Waals surface area contributed by atoms with Gasteiger partial charge >= 0.3 is 0 Å². The van der Waals surface area contributed by atoms with Crippen molar-refractivity contribution in [3.8, 4) is 5.75 Å². The van der Waals surface area contributed by atoms with Crippen LogP contribution in [0.25, 0.3) is 6.08 Å². The van der Waals surface area contributed by atoms with Gasteiger partial charge in [0.2, 0.25) is 0 Å². The molecule has 0 spiro atoms. The van der Waals surface area contributed by atoms with E-state index < -0.39 is 0 Å². The lowest BCUT2D eigenvalue weighted by Crippen LogP contribution is -2.19. The molecule has 2 aromatic rings. The number of aliphatic imine (C=N–C) groups is 1. The molecule has 1 heterocycles. The monoisotopic (exact) mass is 330 g/mol. The molecule has 1 aliphatic heterocycles. The molecule has 1 saturated heterocycles. The first-order chi connectivity index (χ1) is 10.6. The molecule has 1 fully saturated rings. The maximum Gasteiger partial charge on any atom is 0.264 e. The van der Waals surface area contributed by atoms with Gasteiger partial charge in [-0.2, -0.15) is 0 Å². The average molecular weight is 331 g/mol. The van der Waals surface area contributed by atoms with Crippen LogP contribution in [0.15, 0.2) is 58.4 Å². The number of benzene rings is 2. The Kier molecular flexibility index (Phi) is 4.18. The Morgan fingerprint density at radius 3 is 2.68 bits per heavy atom. The first-order valence-corrected chi connectivity index (χ1v) is 7.64. The number of amides is 1. The number of nitrogens with one attached hydrogen (secondary N) is 1. The molecule has 6 heteroatoms. The summed E-state index contributed by atoms with van der Waals surface area (Å²) in [7, 11) is 0. The highest BCUT2D eigenvalue weighted by atomic mass is 35.5. The Labute approximate surface area is 136 Å². The van der Waals surface area contributed by atoms with Crippen LogP contribution in [-0.4, -0.2) is 16.2 Å². The molecule has 110 valence electrons. The molecule has 0 radical (unpaired) electrons. The molecule has 22 heavy (non-hydrogen) atoms. The fourth-order valence-electron chi connectivity index (χ4n) is 1.86. The average Bonchev–Trinajstić information content (AvgIpc) is 2.84. The maximum absolute atomic E-state index is 12.0. The summed E-state index contributed by atoms with van der Waals surface area (Å²) in [5.74, 6) is -0.192. The molecule has 0 aliphatic carbocycles. The summed E-state index contributed by atoms with van der Waals surface area (Å²) in [6.45, 7) is 0. The second-order valence-electron chi connectivity index (χ2n) is 4.53. The van der Waals surface area contributed by atoms with Gasteiger partial charge in [-0.1, -0.05) is 35.9 Å². The summed E-state index contributed by atoms with van der Waals surface area (Å²) in [5, 5.41) is 12.9. The van der Waals surface area contributed by atoms with Crippen LogP contribution in [0.3, 0.4) is 0 Å². The van der Waals surface area contributed by atoms with Crippen LogP contribution in [0.5, 0.6) is 5.75 Å². The fourth-order valence-corrected chi connectivity index (χ4v) is 2.90. The zero-order valence-corrected chi connectivity index (χ0v) is 12.9. The summed E-state index contributed by atoms with van der Waals surface area (Å²) in [5.41, 5.74) is 1.51. The Balaban J connectivity index is 1.84. The smallest absolute Gasteiger partial charge is 0.264 e. The fraction of sp³-hybridized carbons (Fsp3) is 0. The molecule has 3 rings (SSSR count). The second kappa shape index (κ2) is 6.25. The Bertz CT molecular complexity index is 788. The van der Waals surface area contributed by atoms with Gasteiger partial charge in [0.1, 0.15) is 5.75 Å². The number of hydrogen-bond donors (Lipinski definition) is 2. The van der Waals surface area contributed by atoms with Crippen molar-refractivity contribution >= 4 is 46.2 Å². The van der Waals surface area contributed by atoms with Crippen LogP contribution in [0.2, 0.25) is 5.02 Å². The standard InChI is InChI=1S/C16H11ClN2O2S/c17-12-8-10(6-7-13(12)20)9-14-15(21)19-16(22-14)18-11-4-2-1-3-5-11/h1-9,20H,(H,18,19,21)/b14-9-. The first kappa shape index (κ1) is 14.7. The van der Waals surface area contributed by atoms with Crippen LogP contribution >= 0.6 is 23.4 Å². The molecule has 0 saturated carbocycles. The minimum atomic E-state index is -0.205. The van der Waals surface area contributed by atoms with Crippen LogP contribution in [0.1, 0.15) is 5.56 Å². The number of para-hydroxylation sites is 1. The Hall–Kier alpha value is -2.24. The van der Waals surface area contributed by atoms with E-state index in [9.17, 15) is 9.90 Å². The topological polar surface area (TPSA) is 61.7 Å². The summed E-state index contributed by atoms with van der Waals surface area (Å²) >= 11 is 7.12. The normalized spacial score (nSPS) is 18.0. The van der Waals surface area contributed by atoms with E-state index >= 15 is 0 Å². The van der Waals surface area contributed by atoms with E-state index in [4.69, 9.17) is 11.6 Å². The third kappa shape index (κ3) is 3.32. The number of hydrogen-bond acceptors (Lipinski definition) is 4. The third-order valence-corrected chi connectivity index (χ3v) is 4.12. The highest BCUT2D eigenvalue weighted by molar-refractivity contribution is 8.18. The van der Waals surface area contributed by atoms with Crippen molar-refractivity contribution in [3.05, 3.63) is 64.0 Å². The van der Waals surface area contributed by atoms with Gasteiger partial charge in [0.05, 0.1) is 15.6 Å². The lowest BCUT2D eigenvalue weighted by molar-refractivity contribution is -0.115. The lowest BCUT2D eigenvalue weighted by atomic mass is 10.2. The van der Waals surface area contributed by atoms with Crippen molar-refractivity contribution in [1.82, 2.24) is 5.32 Å². The van der Waals surface area contributed by atoms with Gasteiger partial charge in [-0.25, -0.2) is 4.99 Å². The largest absolute Gasteiger partial charge is 0.506 e. The van der Waals surface area contributed by atoms with E-state index in [0.717, 1.165) is 11.3 Å². The van der Waals surface area contributed by atoms with Gasteiger partial charge in [0, 0.05) is 0 Å². The lowest BCUT2D eigenvalue weighted by Gasteiger charge is -1.98. The van der Waals surface area contributed by atoms with E-state index in [1.807, 2.05) is 30.3 Å². The molecular formula is C16H11ClN2O2S. The molecule has 0 unspecified atom stereocenters. The molecule has 0 atom stereocenters. The van der Waals surface area contributed by atoms with Gasteiger partial charge in [0.15, 0.2) is 5.17 Å². The van der Waals surface area contributed by atoms with Gasteiger partial charge in [-0.05, 0) is 47.7 Å². The number of phenolic OH excluding ortho intramolecular Hbond substituents is 1. The Morgan fingerprint density at radius 1 is 1.18 bits per heavy atom. The predicted molar refractivity (Wildman–Crippen MR) is 90.4 cm³/mol. The third-order valence-electron chi connectivity index (χ3n) is 2.91. The molecule has 4 nitrogen and oxygen atoms in total. The van der Waals surface area contributed by atoms with Crippen LogP contribution < -0.4 is 5.32 Å². The number of carbonyl (C=O) groups is 1. The summed E-state index contributed by atoms with van der Waals surface area (Å²) in [6.07, 6.45) is 1.71. The molecular weight excluding hydrogens is 320 g/mol. The summed E-state index contributed by atoms with van der Waals surface area (Å²) in [4.78, 5) is 16.9. The first-order valence-electron chi connectivity index (χ1n) is 6.45. The van der Waals surface area contributed by atoms with Crippen molar-refractivity contribution in [1.29, 1.82) is 0 Å². The number of nitrogens with zero attached hydrogens (tertiary/aromatic N) is 1. The zero-order valence-electron chi connectivity index (χ0n) is 11.3. The van der Waals surface area contributed by atoms with Crippen molar-refractivity contribution in [2.24, 2.45) is 4.99 Å². The number of thioether (sulfide) groups is 1. The van der Waals surface area contributed by atoms with Gasteiger partial charge in [0.25, 0.3) is 5.91 Å². The minimum Gasteiger partial charge on any atom is -0.506 e. The zero-order chi connectivity index (χ0) is 15.5. The molecule has 0 aromatic heterocycles. The van der Waals surface area contributed by atoms with E-state index in [0.29, 0.717) is 10.1 Å². The number of amidine groups is 1. The molecule has 1 amide bonds. The van der Waals surface area contributed by atoms with Crippen molar-refractivity contribution in [2.45, 2.75) is 0 Å². The SMILES string of the molecule is O=C1NC(=Nc2ccccc2)S/C1=C\c1ccc(O)c(Cl)c1. The number of halogens is 1. The van der Waals surface area contributed by atoms with Crippen LogP contribution in [0.4, 0.5) is 5.69 Å². The van der Waals surface area contributed by atoms with Gasteiger partial charge < -0.3 is 10.4 Å². The van der Waals surface area contributed by atoms with E-state index in [-0.39, 0.29) is 16.7 Å². The molecule has 0 bridgehead atoms. The number of aromatic hydroxyl groups is 1. The van der Waals surface area contributed by atoms with E-state index in [1.165, 1.54) is 17.8 Å². The minimum absolute atomic E-state index is 0.0127. The number of rotatable bonds is 2. The molecule has 1 aliphatic rings. The number of carbonyl (C=O) groups excluding carboxylic acids is 1. The van der Waals surface area contributed by atoms with E-state index in [2.05, 4.69) is 10.3 Å². The van der Waals surface area contributed by atoms with Crippen LogP contribution in [0, 0.1) is 0 Å². The van der Waals surface area contributed by atoms with Crippen molar-refractivity contribution < 1.29 is 9.90 Å². The highest BCUT2D eigenvalue weighted by Gasteiger charge is 2.23. The quantitative estimate of drug-likeness (QED) is 0.820. The Morgan fingerprint density at radius 2 is 1.95 bits per heavy atom. The highest BCUT2D eigenvalue weighted by Crippen LogP contribution is 2.30. The molecule has 2 N–H and O–H groups in total. The summed E-state index contributed by atoms with van der Waals surface area (Å²) in [6, 6.07) is 14.2. The second-order valence-corrected chi connectivity index (χ2v) is 5.97. The van der Waals surface area contributed by atoms with Crippen LogP contribution in [-0.2, 0) is 4.79 Å². The maximum atomic E-state index is 12.0. The summed E-state index contributed by atoms with van der Waals surface area (Å²) < 4.78 is 0.